The molecule has 24 valence electrons. The zero-order chi connectivity index (χ0) is 0. The topological polar surface area (TPSA) is 0 Å². The molecule has 0 aromatic rings. The monoisotopic (exact) mass is 486 g/mol. The van der Waals surface area contributed by atoms with E-state index in [9.17, 15) is 0 Å². The van der Waals surface area contributed by atoms with Crippen molar-refractivity contribution in [3.63, 3.8) is 0 Å². The number of halogens is 2. The molecule has 0 aromatic heterocycles. The Morgan fingerprint density at radius 1 is 0.750 bits per heavy atom. The zero-order valence-corrected chi connectivity index (χ0v) is 5.48. The molecule has 0 fully saturated rings. The zero-order valence-electron chi connectivity index (χ0n) is 0.816. The van der Waals surface area contributed by atoms with Crippen LogP contribution in [0.5, 0.6) is 0 Å². The van der Waals surface area contributed by atoms with Gasteiger partial charge in [0.05, 0.1) is 0 Å². The first-order chi connectivity index (χ1) is 0. The maximum absolute atomic E-state index is 0. The maximum atomic E-state index is 0. The van der Waals surface area contributed by atoms with Crippen molar-refractivity contribution in [1.29, 1.82) is 0 Å². The molecule has 0 rings (SSSR count). The van der Waals surface area contributed by atoms with Crippen LogP contribution in [0.1, 0.15) is 0 Å². The van der Waals surface area contributed by atoms with Gasteiger partial charge in [-0.1, -0.05) is 0 Å². The molecule has 0 aromatic carbocycles. The third-order valence-electron chi connectivity index (χ3n) is 0. The molecule has 0 nitrogen and oxygen atoms in total. The molecule has 0 aliphatic carbocycles. The van der Waals surface area contributed by atoms with Gasteiger partial charge < -0.3 is 0 Å². The Labute approximate surface area is 138 Å². The molecule has 0 atom stereocenters. The SMILES string of the molecule is I.I.[BaH2].[SrH2]. The van der Waals surface area contributed by atoms with Crippen molar-refractivity contribution in [2.45, 2.75) is 0 Å². The van der Waals surface area contributed by atoms with Crippen LogP contribution in [-0.2, 0) is 0 Å². The molecule has 0 unspecified atom stereocenters. The van der Waals surface area contributed by atoms with Crippen LogP contribution in [0.3, 0.4) is 0 Å². The summed E-state index contributed by atoms with van der Waals surface area (Å²) in [6.45, 7) is 0. The normalized spacial score (nSPS) is 0. The minimum atomic E-state index is 0. The Hall–Kier alpha value is 4.51. The van der Waals surface area contributed by atoms with Crippen molar-refractivity contribution in [3.05, 3.63) is 0 Å². The van der Waals surface area contributed by atoms with Gasteiger partial charge >= 0.3 is 94.4 Å². The van der Waals surface area contributed by atoms with Crippen molar-refractivity contribution in [3.8, 4) is 0 Å². The molecule has 0 aliphatic rings. The number of rotatable bonds is 0. The first kappa shape index (κ1) is 23.6. The third kappa shape index (κ3) is 9.72. The Bertz CT molecular complexity index is 6.00. The summed E-state index contributed by atoms with van der Waals surface area (Å²) in [4.78, 5) is 0. The second-order valence-electron chi connectivity index (χ2n) is 0. The van der Waals surface area contributed by atoms with Gasteiger partial charge in [0.2, 0.25) is 0 Å². The van der Waals surface area contributed by atoms with Crippen molar-refractivity contribution in [1.82, 2.24) is 0 Å². The average molecular weight is 485 g/mol. The van der Waals surface area contributed by atoms with Crippen LogP contribution in [0.4, 0.5) is 0 Å². The molecule has 0 N–H and O–H groups in total. The van der Waals surface area contributed by atoms with Gasteiger partial charge in [0.25, 0.3) is 0 Å². The van der Waals surface area contributed by atoms with Gasteiger partial charge in [-0.15, -0.1) is 48.0 Å². The van der Waals surface area contributed by atoms with E-state index in [1.165, 1.54) is 0 Å². The summed E-state index contributed by atoms with van der Waals surface area (Å²) in [6, 6.07) is 0. The Kier molecular flexibility index (Phi) is 92.3. The van der Waals surface area contributed by atoms with E-state index in [2.05, 4.69) is 0 Å². The van der Waals surface area contributed by atoms with Gasteiger partial charge in [-0.05, 0) is 0 Å². The average Bonchev–Trinajstić information content (AvgIpc) is 0. The van der Waals surface area contributed by atoms with Crippen molar-refractivity contribution in [2.75, 3.05) is 0 Å². The standard InChI is InChI=1S/Ba.2HI.Sr.4H/h;2*1H;;;;;. The molecular weight excluding hydrogens is 479 g/mol. The quantitative estimate of drug-likeness (QED) is 0.318. The second-order valence-corrected chi connectivity index (χ2v) is 0. The van der Waals surface area contributed by atoms with Crippen LogP contribution >= 0.6 is 48.0 Å². The molecule has 0 saturated carbocycles. The predicted octanol–water partition coefficient (Wildman–Crippen LogP) is -0.596. The van der Waals surface area contributed by atoms with E-state index in [-0.39, 0.29) is 142 Å². The Morgan fingerprint density at radius 3 is 0.750 bits per heavy atom. The summed E-state index contributed by atoms with van der Waals surface area (Å²) >= 11 is 0. The van der Waals surface area contributed by atoms with Crippen molar-refractivity contribution in [2.24, 2.45) is 0 Å². The summed E-state index contributed by atoms with van der Waals surface area (Å²) in [6.07, 6.45) is 0. The molecule has 4 heavy (non-hydrogen) atoms. The summed E-state index contributed by atoms with van der Waals surface area (Å²) in [5, 5.41) is 0. The molecule has 4 heteroatoms. The Morgan fingerprint density at radius 2 is 0.750 bits per heavy atom. The predicted molar refractivity (Wildman–Crippen MR) is 47.9 cm³/mol. The summed E-state index contributed by atoms with van der Waals surface area (Å²) in [5.41, 5.74) is 0. The van der Waals surface area contributed by atoms with Gasteiger partial charge in [0.15, 0.2) is 0 Å². The van der Waals surface area contributed by atoms with E-state index in [0.29, 0.717) is 0 Å². The first-order valence-corrected chi connectivity index (χ1v) is 0. The summed E-state index contributed by atoms with van der Waals surface area (Å²) < 4.78 is 0. The molecule has 0 aliphatic heterocycles. The minimum absolute atomic E-state index is 0. The van der Waals surface area contributed by atoms with Gasteiger partial charge in [-0.25, -0.2) is 0 Å². The fourth-order valence-electron chi connectivity index (χ4n) is 0. The number of hydrogen-bond acceptors (Lipinski definition) is 0. The van der Waals surface area contributed by atoms with E-state index >= 15 is 0 Å². The van der Waals surface area contributed by atoms with Crippen molar-refractivity contribution < 1.29 is 0 Å². The van der Waals surface area contributed by atoms with Gasteiger partial charge in [0, 0.05) is 0 Å². The summed E-state index contributed by atoms with van der Waals surface area (Å²) in [7, 11) is 0. The van der Waals surface area contributed by atoms with Gasteiger partial charge in [0.1, 0.15) is 0 Å². The van der Waals surface area contributed by atoms with Crippen molar-refractivity contribution >= 4 is 142 Å². The van der Waals surface area contributed by atoms with E-state index in [0.717, 1.165) is 0 Å². The molecule has 0 radical (unpaired) electrons. The first-order valence-electron chi connectivity index (χ1n) is 0. The van der Waals surface area contributed by atoms with Gasteiger partial charge in [-0.3, -0.25) is 0 Å². The van der Waals surface area contributed by atoms with Crippen LogP contribution in [0, 0.1) is 0 Å². The number of hydrogen-bond donors (Lipinski definition) is 0. The van der Waals surface area contributed by atoms with Crippen LogP contribution in [0.25, 0.3) is 0 Å². The molecule has 0 heterocycles. The van der Waals surface area contributed by atoms with Crippen LogP contribution < -0.4 is 0 Å². The van der Waals surface area contributed by atoms with E-state index in [4.69, 9.17) is 0 Å². The summed E-state index contributed by atoms with van der Waals surface area (Å²) in [5.74, 6) is 0. The fourth-order valence-corrected chi connectivity index (χ4v) is 0. The molecular formula is H6BaI2Sr. The molecule has 0 bridgehead atoms. The van der Waals surface area contributed by atoms with Crippen LogP contribution in [0.2, 0.25) is 0 Å². The molecule has 0 saturated heterocycles. The van der Waals surface area contributed by atoms with E-state index < -0.39 is 0 Å². The third-order valence-corrected chi connectivity index (χ3v) is 0. The second kappa shape index (κ2) is 15.6. The fraction of sp³-hybridized carbons (Fsp3) is 0. The van der Waals surface area contributed by atoms with Crippen LogP contribution in [0.15, 0.2) is 0 Å². The van der Waals surface area contributed by atoms with Crippen LogP contribution in [-0.4, -0.2) is 94.4 Å². The molecule has 0 amide bonds. The molecule has 0 spiro atoms. The van der Waals surface area contributed by atoms with E-state index in [1.807, 2.05) is 0 Å². The van der Waals surface area contributed by atoms with Gasteiger partial charge in [-0.2, -0.15) is 0 Å². The Balaban J connectivity index is 0. The van der Waals surface area contributed by atoms with E-state index in [1.54, 1.807) is 0 Å².